The van der Waals surface area contributed by atoms with E-state index in [9.17, 15) is 4.79 Å². The molecule has 1 amide bonds. The maximum atomic E-state index is 12.6. The van der Waals surface area contributed by atoms with Crippen molar-refractivity contribution < 1.29 is 4.79 Å². The van der Waals surface area contributed by atoms with Crippen molar-refractivity contribution in [2.75, 3.05) is 12.4 Å². The number of anilines is 1. The van der Waals surface area contributed by atoms with Crippen LogP contribution in [0.15, 0.2) is 36.8 Å². The molecule has 0 atom stereocenters. The molecule has 0 aromatic carbocycles. The fourth-order valence-corrected chi connectivity index (χ4v) is 3.35. The van der Waals surface area contributed by atoms with Crippen LogP contribution >= 0.6 is 0 Å². The first kappa shape index (κ1) is 15.8. The van der Waals surface area contributed by atoms with Gasteiger partial charge in [-0.05, 0) is 25.0 Å². The minimum atomic E-state index is -0.126. The number of rotatable bonds is 4. The number of aromatic nitrogens is 5. The van der Waals surface area contributed by atoms with Crippen LogP contribution < -0.4 is 10.6 Å². The highest BCUT2D eigenvalue weighted by molar-refractivity contribution is 6.01. The minimum absolute atomic E-state index is 0.126. The zero-order valence-corrected chi connectivity index (χ0v) is 15.1. The highest BCUT2D eigenvalue weighted by Gasteiger charge is 2.26. The number of carbonyl (C=O) groups is 1. The molecule has 27 heavy (non-hydrogen) atoms. The van der Waals surface area contributed by atoms with Gasteiger partial charge in [-0.3, -0.25) is 4.79 Å². The van der Waals surface area contributed by atoms with Crippen LogP contribution in [0.2, 0.25) is 0 Å². The van der Waals surface area contributed by atoms with Gasteiger partial charge in [0, 0.05) is 49.5 Å². The van der Waals surface area contributed by atoms with E-state index in [1.807, 2.05) is 43.1 Å². The summed E-state index contributed by atoms with van der Waals surface area (Å²) in [5.41, 5.74) is 3.65. The average molecular weight is 361 g/mol. The Morgan fingerprint density at radius 2 is 2.15 bits per heavy atom. The van der Waals surface area contributed by atoms with Gasteiger partial charge in [-0.15, -0.1) is 0 Å². The molecule has 4 aromatic rings. The topological polar surface area (TPSA) is 89.1 Å². The number of aryl methyl sites for hydroxylation is 1. The fraction of sp³-hybridized carbons (Fsp3) is 0.263. The second-order valence-corrected chi connectivity index (χ2v) is 6.85. The van der Waals surface area contributed by atoms with Gasteiger partial charge in [0.2, 0.25) is 0 Å². The number of nitrogens with zero attached hydrogens (tertiary/aromatic N) is 5. The molecular weight excluding hydrogens is 342 g/mol. The highest BCUT2D eigenvalue weighted by Crippen LogP contribution is 2.30. The van der Waals surface area contributed by atoms with Gasteiger partial charge in [0.05, 0.1) is 11.9 Å². The van der Waals surface area contributed by atoms with E-state index in [1.54, 1.807) is 16.9 Å². The third kappa shape index (κ3) is 2.52. The smallest absolute Gasteiger partial charge is 0.256 e. The second-order valence-electron chi connectivity index (χ2n) is 6.85. The van der Waals surface area contributed by atoms with Gasteiger partial charge < -0.3 is 15.2 Å². The van der Waals surface area contributed by atoms with Crippen molar-refractivity contribution >= 4 is 28.4 Å². The summed E-state index contributed by atoms with van der Waals surface area (Å²) >= 11 is 0. The maximum absolute atomic E-state index is 12.6. The van der Waals surface area contributed by atoms with Crippen LogP contribution in [0.25, 0.3) is 27.9 Å². The van der Waals surface area contributed by atoms with E-state index >= 15 is 0 Å². The summed E-state index contributed by atoms with van der Waals surface area (Å²) in [6.45, 7) is 0. The Balaban J connectivity index is 1.71. The first-order valence-electron chi connectivity index (χ1n) is 8.93. The van der Waals surface area contributed by atoms with Gasteiger partial charge in [0.25, 0.3) is 5.91 Å². The number of hydrogen-bond acceptors (Lipinski definition) is 5. The van der Waals surface area contributed by atoms with Crippen molar-refractivity contribution in [1.29, 1.82) is 0 Å². The molecule has 0 unspecified atom stereocenters. The standard InChI is InChI=1S/C19H19N7O/c1-20-16-8-15(14-10-25(2)17-12(14)4-3-7-21-17)24-18-13(9-22-26(16)18)19(27)23-11-5-6-11/h3-4,7-11,20H,5-6H2,1-2H3,(H,23,27). The van der Waals surface area contributed by atoms with Crippen LogP contribution in [0.5, 0.6) is 0 Å². The Morgan fingerprint density at radius 3 is 2.93 bits per heavy atom. The van der Waals surface area contributed by atoms with Crippen LogP contribution in [-0.2, 0) is 7.05 Å². The fourth-order valence-electron chi connectivity index (χ4n) is 3.35. The predicted molar refractivity (Wildman–Crippen MR) is 103 cm³/mol. The van der Waals surface area contributed by atoms with E-state index in [1.165, 1.54) is 0 Å². The number of carbonyl (C=O) groups excluding carboxylic acids is 1. The number of nitrogens with one attached hydrogen (secondary N) is 2. The molecule has 1 saturated carbocycles. The zero-order chi connectivity index (χ0) is 18.5. The molecule has 4 aromatic heterocycles. The van der Waals surface area contributed by atoms with Crippen LogP contribution in [0.1, 0.15) is 23.2 Å². The maximum Gasteiger partial charge on any atom is 0.256 e. The Bertz CT molecular complexity index is 1190. The molecule has 5 rings (SSSR count). The molecule has 1 fully saturated rings. The minimum Gasteiger partial charge on any atom is -0.373 e. The van der Waals surface area contributed by atoms with Crippen LogP contribution in [0.3, 0.4) is 0 Å². The molecule has 2 N–H and O–H groups in total. The van der Waals surface area contributed by atoms with Crippen molar-refractivity contribution in [1.82, 2.24) is 29.5 Å². The van der Waals surface area contributed by atoms with E-state index in [0.29, 0.717) is 11.2 Å². The lowest BCUT2D eigenvalue weighted by atomic mass is 10.1. The molecule has 0 aliphatic heterocycles. The summed E-state index contributed by atoms with van der Waals surface area (Å²) in [5, 5.41) is 11.5. The Hall–Kier alpha value is -3.42. The monoisotopic (exact) mass is 361 g/mol. The molecule has 1 aliphatic carbocycles. The van der Waals surface area contributed by atoms with Crippen molar-refractivity contribution in [3.8, 4) is 11.3 Å². The first-order chi connectivity index (χ1) is 13.2. The zero-order valence-electron chi connectivity index (χ0n) is 15.1. The van der Waals surface area contributed by atoms with Gasteiger partial charge >= 0.3 is 0 Å². The molecule has 0 radical (unpaired) electrons. The molecule has 1 aliphatic rings. The third-order valence-corrected chi connectivity index (χ3v) is 4.89. The van der Waals surface area contributed by atoms with Crippen molar-refractivity contribution in [3.63, 3.8) is 0 Å². The summed E-state index contributed by atoms with van der Waals surface area (Å²) in [4.78, 5) is 21.8. The second kappa shape index (κ2) is 5.80. The summed E-state index contributed by atoms with van der Waals surface area (Å²) in [6.07, 6.45) is 7.44. The normalized spacial score (nSPS) is 14.0. The quantitative estimate of drug-likeness (QED) is 0.582. The lowest BCUT2D eigenvalue weighted by Gasteiger charge is -2.08. The number of fused-ring (bicyclic) bond motifs is 2. The Labute approximate surface area is 155 Å². The molecule has 0 bridgehead atoms. The van der Waals surface area contributed by atoms with E-state index in [2.05, 4.69) is 20.7 Å². The summed E-state index contributed by atoms with van der Waals surface area (Å²) < 4.78 is 3.64. The Kier molecular flexibility index (Phi) is 3.40. The largest absolute Gasteiger partial charge is 0.373 e. The SMILES string of the molecule is CNc1cc(-c2cn(C)c3ncccc23)nc2c(C(=O)NC3CC3)cnn12. The van der Waals surface area contributed by atoms with Gasteiger partial charge in [-0.1, -0.05) is 0 Å². The van der Waals surface area contributed by atoms with Gasteiger partial charge in [-0.25, -0.2) is 9.97 Å². The molecule has 8 heteroatoms. The molecule has 4 heterocycles. The van der Waals surface area contributed by atoms with Gasteiger partial charge in [0.15, 0.2) is 5.65 Å². The van der Waals surface area contributed by atoms with Crippen LogP contribution in [-0.4, -0.2) is 43.1 Å². The van der Waals surface area contributed by atoms with E-state index in [-0.39, 0.29) is 11.9 Å². The van der Waals surface area contributed by atoms with E-state index in [0.717, 1.165) is 41.0 Å². The average Bonchev–Trinajstić information content (AvgIpc) is 3.29. The van der Waals surface area contributed by atoms with Crippen molar-refractivity contribution in [2.45, 2.75) is 18.9 Å². The number of pyridine rings is 1. The third-order valence-electron chi connectivity index (χ3n) is 4.89. The van der Waals surface area contributed by atoms with E-state index < -0.39 is 0 Å². The summed E-state index contributed by atoms with van der Waals surface area (Å²) in [6, 6.07) is 6.16. The van der Waals surface area contributed by atoms with Gasteiger partial charge in [0.1, 0.15) is 17.0 Å². The molecular formula is C19H19N7O. The number of hydrogen-bond donors (Lipinski definition) is 2. The molecule has 136 valence electrons. The summed E-state index contributed by atoms with van der Waals surface area (Å²) in [5.74, 6) is 0.639. The predicted octanol–water partition coefficient (Wildman–Crippen LogP) is 2.22. The Morgan fingerprint density at radius 1 is 1.30 bits per heavy atom. The first-order valence-corrected chi connectivity index (χ1v) is 8.93. The molecule has 0 spiro atoms. The van der Waals surface area contributed by atoms with Crippen LogP contribution in [0, 0.1) is 0 Å². The van der Waals surface area contributed by atoms with Crippen molar-refractivity contribution in [3.05, 3.63) is 42.4 Å². The van der Waals surface area contributed by atoms with E-state index in [4.69, 9.17) is 4.98 Å². The molecule has 8 nitrogen and oxygen atoms in total. The highest BCUT2D eigenvalue weighted by atomic mass is 16.1. The van der Waals surface area contributed by atoms with Crippen LogP contribution in [0.4, 0.5) is 5.82 Å². The summed E-state index contributed by atoms with van der Waals surface area (Å²) in [7, 11) is 3.79. The lowest BCUT2D eigenvalue weighted by Crippen LogP contribution is -2.25. The number of amides is 1. The van der Waals surface area contributed by atoms with Gasteiger partial charge in [-0.2, -0.15) is 9.61 Å². The lowest BCUT2D eigenvalue weighted by molar-refractivity contribution is 0.0952. The van der Waals surface area contributed by atoms with Crippen molar-refractivity contribution in [2.24, 2.45) is 7.05 Å². The molecule has 0 saturated heterocycles.